The molecular formula is C13H21FN2. The van der Waals surface area contributed by atoms with Crippen LogP contribution < -0.4 is 11.5 Å². The third kappa shape index (κ3) is 4.29. The van der Waals surface area contributed by atoms with Crippen molar-refractivity contribution < 1.29 is 4.39 Å². The summed E-state index contributed by atoms with van der Waals surface area (Å²) in [5, 5.41) is 0. The maximum Gasteiger partial charge on any atom is 0.123 e. The van der Waals surface area contributed by atoms with Gasteiger partial charge in [0.15, 0.2) is 0 Å². The minimum atomic E-state index is -0.180. The maximum absolute atomic E-state index is 12.8. The number of nitrogens with two attached hydrogens (primary N) is 2. The monoisotopic (exact) mass is 224 g/mol. The van der Waals surface area contributed by atoms with E-state index in [0.717, 1.165) is 25.7 Å². The molecule has 0 aromatic heterocycles. The molecule has 0 heterocycles. The summed E-state index contributed by atoms with van der Waals surface area (Å²) in [5.41, 5.74) is 12.2. The van der Waals surface area contributed by atoms with E-state index in [1.165, 1.54) is 17.7 Å². The van der Waals surface area contributed by atoms with E-state index >= 15 is 0 Å². The fraction of sp³-hybridized carbons (Fsp3) is 0.538. The third-order valence-electron chi connectivity index (χ3n) is 2.85. The van der Waals surface area contributed by atoms with E-state index in [9.17, 15) is 4.39 Å². The van der Waals surface area contributed by atoms with Crippen molar-refractivity contribution in [2.45, 2.75) is 31.6 Å². The van der Waals surface area contributed by atoms with Gasteiger partial charge in [-0.3, -0.25) is 0 Å². The van der Waals surface area contributed by atoms with Crippen LogP contribution >= 0.6 is 0 Å². The first-order valence-electron chi connectivity index (χ1n) is 5.93. The topological polar surface area (TPSA) is 52.0 Å². The molecule has 4 N–H and O–H groups in total. The lowest BCUT2D eigenvalue weighted by atomic mass is 9.90. The van der Waals surface area contributed by atoms with E-state index in [1.54, 1.807) is 0 Å². The fourth-order valence-electron chi connectivity index (χ4n) is 1.94. The molecule has 1 rings (SSSR count). The van der Waals surface area contributed by atoms with Gasteiger partial charge in [-0.2, -0.15) is 0 Å². The second-order valence-electron chi connectivity index (χ2n) is 4.11. The second-order valence-corrected chi connectivity index (χ2v) is 4.11. The van der Waals surface area contributed by atoms with Gasteiger partial charge in [0.05, 0.1) is 0 Å². The summed E-state index contributed by atoms with van der Waals surface area (Å²) in [6.07, 6.45) is 4.13. The van der Waals surface area contributed by atoms with Gasteiger partial charge in [0, 0.05) is 0 Å². The van der Waals surface area contributed by atoms with Crippen LogP contribution in [0.3, 0.4) is 0 Å². The Morgan fingerprint density at radius 1 is 0.938 bits per heavy atom. The van der Waals surface area contributed by atoms with Gasteiger partial charge in [-0.1, -0.05) is 12.1 Å². The van der Waals surface area contributed by atoms with Crippen LogP contribution in [0.1, 0.15) is 37.2 Å². The third-order valence-corrected chi connectivity index (χ3v) is 2.85. The molecule has 3 heteroatoms. The van der Waals surface area contributed by atoms with Crippen molar-refractivity contribution in [3.8, 4) is 0 Å². The molecule has 0 aliphatic heterocycles. The number of rotatable bonds is 7. The van der Waals surface area contributed by atoms with Crippen molar-refractivity contribution in [1.82, 2.24) is 0 Å². The summed E-state index contributed by atoms with van der Waals surface area (Å²) in [5.74, 6) is 0.285. The van der Waals surface area contributed by atoms with Crippen molar-refractivity contribution in [2.24, 2.45) is 11.5 Å². The van der Waals surface area contributed by atoms with Gasteiger partial charge in [-0.15, -0.1) is 0 Å². The molecule has 0 fully saturated rings. The number of hydrogen-bond acceptors (Lipinski definition) is 2. The average Bonchev–Trinajstić information content (AvgIpc) is 2.31. The molecule has 0 aliphatic carbocycles. The normalized spacial score (nSPS) is 11.0. The molecule has 2 nitrogen and oxygen atoms in total. The predicted molar refractivity (Wildman–Crippen MR) is 65.7 cm³/mol. The molecule has 16 heavy (non-hydrogen) atoms. The zero-order chi connectivity index (χ0) is 11.8. The van der Waals surface area contributed by atoms with Crippen LogP contribution in [0.2, 0.25) is 0 Å². The molecule has 0 unspecified atom stereocenters. The molecule has 0 aliphatic rings. The van der Waals surface area contributed by atoms with Gasteiger partial charge in [0.25, 0.3) is 0 Å². The molecule has 0 bridgehead atoms. The summed E-state index contributed by atoms with van der Waals surface area (Å²) in [6, 6.07) is 6.78. The Morgan fingerprint density at radius 3 is 1.88 bits per heavy atom. The minimum absolute atomic E-state index is 0.180. The molecular weight excluding hydrogens is 203 g/mol. The highest BCUT2D eigenvalue weighted by Crippen LogP contribution is 2.26. The van der Waals surface area contributed by atoms with Gasteiger partial charge >= 0.3 is 0 Å². The van der Waals surface area contributed by atoms with E-state index in [-0.39, 0.29) is 5.82 Å². The number of benzene rings is 1. The van der Waals surface area contributed by atoms with Crippen LogP contribution in [-0.4, -0.2) is 13.1 Å². The predicted octanol–water partition coefficient (Wildman–Crippen LogP) is 2.39. The van der Waals surface area contributed by atoms with E-state index in [2.05, 4.69) is 0 Å². The van der Waals surface area contributed by atoms with Crippen LogP contribution in [-0.2, 0) is 0 Å². The van der Waals surface area contributed by atoms with Crippen molar-refractivity contribution in [3.63, 3.8) is 0 Å². The molecule has 1 aromatic carbocycles. The first kappa shape index (κ1) is 13.1. The lowest BCUT2D eigenvalue weighted by Gasteiger charge is -2.16. The van der Waals surface area contributed by atoms with Gasteiger partial charge in [-0.05, 0) is 62.4 Å². The summed E-state index contributed by atoms with van der Waals surface area (Å²) in [6.45, 7) is 1.42. The van der Waals surface area contributed by atoms with Gasteiger partial charge in [-0.25, -0.2) is 4.39 Å². The molecule has 0 radical (unpaired) electrons. The van der Waals surface area contributed by atoms with E-state index in [4.69, 9.17) is 11.5 Å². The molecule has 0 amide bonds. The van der Waals surface area contributed by atoms with Crippen LogP contribution in [0.4, 0.5) is 4.39 Å². The second kappa shape index (κ2) is 7.36. The first-order valence-corrected chi connectivity index (χ1v) is 5.93. The Hall–Kier alpha value is -0.930. The lowest BCUT2D eigenvalue weighted by Crippen LogP contribution is -2.07. The smallest absolute Gasteiger partial charge is 0.123 e. The van der Waals surface area contributed by atoms with Crippen molar-refractivity contribution in [3.05, 3.63) is 35.6 Å². The Labute approximate surface area is 96.8 Å². The molecule has 90 valence electrons. The largest absolute Gasteiger partial charge is 0.330 e. The highest BCUT2D eigenvalue weighted by molar-refractivity contribution is 5.20. The Morgan fingerprint density at radius 2 is 1.44 bits per heavy atom. The van der Waals surface area contributed by atoms with Crippen LogP contribution in [0.15, 0.2) is 24.3 Å². The number of hydrogen-bond donors (Lipinski definition) is 2. The van der Waals surface area contributed by atoms with Crippen LogP contribution in [0.25, 0.3) is 0 Å². The minimum Gasteiger partial charge on any atom is -0.330 e. The molecule has 0 saturated carbocycles. The highest BCUT2D eigenvalue weighted by atomic mass is 19.1. The Balaban J connectivity index is 2.62. The molecule has 1 aromatic rings. The molecule has 0 spiro atoms. The SMILES string of the molecule is NCCCC(CCCN)c1ccc(F)cc1. The van der Waals surface area contributed by atoms with Gasteiger partial charge < -0.3 is 11.5 Å². The standard InChI is InChI=1S/C13H21FN2/c14-13-7-5-12(6-8-13)11(3-1-9-15)4-2-10-16/h5-8,11H,1-4,9-10,15-16H2. The van der Waals surface area contributed by atoms with Gasteiger partial charge in [0.1, 0.15) is 5.82 Å². The summed E-state index contributed by atoms with van der Waals surface area (Å²) >= 11 is 0. The summed E-state index contributed by atoms with van der Waals surface area (Å²) in [7, 11) is 0. The summed E-state index contributed by atoms with van der Waals surface area (Å²) in [4.78, 5) is 0. The highest BCUT2D eigenvalue weighted by Gasteiger charge is 2.10. The quantitative estimate of drug-likeness (QED) is 0.747. The zero-order valence-corrected chi connectivity index (χ0v) is 9.66. The molecule has 0 atom stereocenters. The van der Waals surface area contributed by atoms with Crippen molar-refractivity contribution in [2.75, 3.05) is 13.1 Å². The van der Waals surface area contributed by atoms with Crippen molar-refractivity contribution in [1.29, 1.82) is 0 Å². The average molecular weight is 224 g/mol. The first-order chi connectivity index (χ1) is 7.77. The van der Waals surface area contributed by atoms with E-state index in [1.807, 2.05) is 12.1 Å². The maximum atomic E-state index is 12.8. The molecule has 0 saturated heterocycles. The van der Waals surface area contributed by atoms with Gasteiger partial charge in [0.2, 0.25) is 0 Å². The zero-order valence-electron chi connectivity index (χ0n) is 9.66. The van der Waals surface area contributed by atoms with Crippen LogP contribution in [0, 0.1) is 5.82 Å². The Kier molecular flexibility index (Phi) is 6.04. The van der Waals surface area contributed by atoms with Crippen molar-refractivity contribution >= 4 is 0 Å². The van der Waals surface area contributed by atoms with Crippen LogP contribution in [0.5, 0.6) is 0 Å². The summed E-state index contributed by atoms with van der Waals surface area (Å²) < 4.78 is 12.8. The van der Waals surface area contributed by atoms with E-state index in [0.29, 0.717) is 19.0 Å². The Bertz CT molecular complexity index is 276. The van der Waals surface area contributed by atoms with E-state index < -0.39 is 0 Å². The fourth-order valence-corrected chi connectivity index (χ4v) is 1.94. The number of halogens is 1. The lowest BCUT2D eigenvalue weighted by molar-refractivity contribution is 0.538.